The smallest absolute Gasteiger partial charge is 0.251 e. The number of H-pyrrole nitrogens is 1. The predicted octanol–water partition coefficient (Wildman–Crippen LogP) is 3.73. The van der Waals surface area contributed by atoms with Gasteiger partial charge in [-0.3, -0.25) is 14.7 Å². The second-order valence-corrected chi connectivity index (χ2v) is 9.14. The molecule has 1 aliphatic rings. The summed E-state index contributed by atoms with van der Waals surface area (Å²) in [5, 5.41) is 1.11. The first-order valence-corrected chi connectivity index (χ1v) is 11.3. The Morgan fingerprint density at radius 1 is 1.10 bits per heavy atom. The summed E-state index contributed by atoms with van der Waals surface area (Å²) in [6, 6.07) is 10.6. The van der Waals surface area contributed by atoms with Crippen molar-refractivity contribution in [2.45, 2.75) is 26.8 Å². The Bertz CT molecular complexity index is 1270. The van der Waals surface area contributed by atoms with Gasteiger partial charge in [-0.2, -0.15) is 0 Å². The first-order valence-electron chi connectivity index (χ1n) is 10.4. The van der Waals surface area contributed by atoms with Crippen LogP contribution in [-0.4, -0.2) is 46.0 Å². The molecular formula is C23H25N5OS. The van der Waals surface area contributed by atoms with Gasteiger partial charge >= 0.3 is 0 Å². The number of benzene rings is 1. The lowest BCUT2D eigenvalue weighted by molar-refractivity contribution is 0.250. The van der Waals surface area contributed by atoms with Gasteiger partial charge in [0, 0.05) is 50.2 Å². The summed E-state index contributed by atoms with van der Waals surface area (Å²) in [6.45, 7) is 8.90. The molecule has 0 aliphatic carbocycles. The first-order chi connectivity index (χ1) is 14.6. The Balaban J connectivity index is 1.26. The van der Waals surface area contributed by atoms with Gasteiger partial charge in [0.15, 0.2) is 0 Å². The Hall–Kier alpha value is -2.77. The monoisotopic (exact) mass is 419 g/mol. The molecule has 1 fully saturated rings. The second-order valence-electron chi connectivity index (χ2n) is 7.90. The Morgan fingerprint density at radius 2 is 1.93 bits per heavy atom. The number of aromatic amines is 1. The molecule has 4 heterocycles. The van der Waals surface area contributed by atoms with Crippen LogP contribution >= 0.6 is 11.3 Å². The van der Waals surface area contributed by atoms with Gasteiger partial charge < -0.3 is 9.88 Å². The van der Waals surface area contributed by atoms with Gasteiger partial charge in [-0.05, 0) is 49.2 Å². The number of hydrogen-bond acceptors (Lipinski definition) is 6. The van der Waals surface area contributed by atoms with Crippen molar-refractivity contribution < 1.29 is 0 Å². The van der Waals surface area contributed by atoms with Crippen LogP contribution in [0.1, 0.15) is 23.1 Å². The van der Waals surface area contributed by atoms with E-state index in [9.17, 15) is 4.79 Å². The lowest BCUT2D eigenvalue weighted by Gasteiger charge is -2.36. The second kappa shape index (κ2) is 7.81. The van der Waals surface area contributed by atoms with E-state index in [0.717, 1.165) is 65.4 Å². The number of piperazine rings is 1. The summed E-state index contributed by atoms with van der Waals surface area (Å²) in [5.41, 5.74) is 5.96. The van der Waals surface area contributed by atoms with E-state index in [1.165, 1.54) is 10.4 Å². The fourth-order valence-corrected chi connectivity index (χ4v) is 5.02. The molecule has 0 amide bonds. The lowest BCUT2D eigenvalue weighted by Crippen LogP contribution is -2.45. The van der Waals surface area contributed by atoms with Crippen molar-refractivity contribution in [1.29, 1.82) is 0 Å². The van der Waals surface area contributed by atoms with Crippen LogP contribution < -0.4 is 10.5 Å². The number of nitrogens with zero attached hydrogens (tertiary/aromatic N) is 4. The molecule has 5 rings (SSSR count). The summed E-state index contributed by atoms with van der Waals surface area (Å²) < 4.78 is 1.26. The zero-order valence-electron chi connectivity index (χ0n) is 17.3. The van der Waals surface area contributed by atoms with Gasteiger partial charge in [-0.15, -0.1) is 11.3 Å². The van der Waals surface area contributed by atoms with Gasteiger partial charge in [0.2, 0.25) is 0 Å². The molecular weight excluding hydrogens is 394 g/mol. The molecule has 30 heavy (non-hydrogen) atoms. The lowest BCUT2D eigenvalue weighted by atomic mass is 10.1. The van der Waals surface area contributed by atoms with Crippen molar-refractivity contribution in [3.8, 4) is 0 Å². The molecule has 6 nitrogen and oxygen atoms in total. The van der Waals surface area contributed by atoms with Crippen LogP contribution in [0.5, 0.6) is 0 Å². The van der Waals surface area contributed by atoms with Crippen LogP contribution in [0.15, 0.2) is 41.3 Å². The number of fused-ring (bicyclic) bond motifs is 2. The molecule has 1 aliphatic heterocycles. The molecule has 0 bridgehead atoms. The minimum absolute atomic E-state index is 0.00864. The predicted molar refractivity (Wildman–Crippen MR) is 124 cm³/mol. The van der Waals surface area contributed by atoms with E-state index in [0.29, 0.717) is 6.42 Å². The Labute approximate surface area is 179 Å². The van der Waals surface area contributed by atoms with E-state index < -0.39 is 0 Å². The summed E-state index contributed by atoms with van der Waals surface area (Å²) in [7, 11) is 0. The fraction of sp³-hybridized carbons (Fsp3) is 0.348. The summed E-state index contributed by atoms with van der Waals surface area (Å²) in [5.74, 6) is 0. The number of thiazole rings is 1. The Morgan fingerprint density at radius 3 is 2.73 bits per heavy atom. The number of pyridine rings is 2. The highest BCUT2D eigenvalue weighted by atomic mass is 32.1. The number of aromatic nitrogens is 3. The number of aryl methyl sites for hydroxylation is 2. The minimum atomic E-state index is -0.00864. The zero-order chi connectivity index (χ0) is 20.7. The zero-order valence-corrected chi connectivity index (χ0v) is 18.1. The van der Waals surface area contributed by atoms with Gasteiger partial charge in [-0.1, -0.05) is 6.92 Å². The normalized spacial score (nSPS) is 15.3. The van der Waals surface area contributed by atoms with Gasteiger partial charge in [0.1, 0.15) is 0 Å². The molecule has 0 saturated carbocycles. The van der Waals surface area contributed by atoms with Crippen LogP contribution in [0.4, 0.5) is 5.69 Å². The highest BCUT2D eigenvalue weighted by Gasteiger charge is 2.18. The highest BCUT2D eigenvalue weighted by molar-refractivity contribution is 7.18. The average molecular weight is 420 g/mol. The standard InChI is InChI=1S/C23H25N5OS/c1-3-17-11-20-21(26-23(17)29)10-16(13-24-20)14-27-6-8-28(9-7-27)18-4-5-19-22(12-18)30-15(2)25-19/h4-5,10-13H,3,6-9,14H2,1-2H3,(H,26,29). The molecule has 154 valence electrons. The molecule has 0 spiro atoms. The van der Waals surface area contributed by atoms with Gasteiger partial charge in [0.05, 0.1) is 26.3 Å². The van der Waals surface area contributed by atoms with E-state index in [1.807, 2.05) is 19.2 Å². The number of nitrogens with one attached hydrogen (secondary N) is 1. The quantitative estimate of drug-likeness (QED) is 0.546. The Kier molecular flexibility index (Phi) is 5.00. The van der Waals surface area contributed by atoms with Crippen LogP contribution in [0.2, 0.25) is 0 Å². The number of rotatable bonds is 4. The molecule has 7 heteroatoms. The van der Waals surface area contributed by atoms with Crippen LogP contribution in [-0.2, 0) is 13.0 Å². The van der Waals surface area contributed by atoms with Crippen LogP contribution in [0.25, 0.3) is 21.3 Å². The third-order valence-electron chi connectivity index (χ3n) is 5.83. The molecule has 0 unspecified atom stereocenters. The summed E-state index contributed by atoms with van der Waals surface area (Å²) in [4.78, 5) is 29.1. The maximum Gasteiger partial charge on any atom is 0.251 e. The molecule has 0 atom stereocenters. The van der Waals surface area contributed by atoms with Crippen LogP contribution in [0, 0.1) is 6.92 Å². The molecule has 1 N–H and O–H groups in total. The van der Waals surface area contributed by atoms with Gasteiger partial charge in [-0.25, -0.2) is 4.98 Å². The van der Waals surface area contributed by atoms with Crippen molar-refractivity contribution in [3.05, 3.63) is 63.0 Å². The van der Waals surface area contributed by atoms with E-state index in [2.05, 4.69) is 55.9 Å². The summed E-state index contributed by atoms with van der Waals surface area (Å²) >= 11 is 1.76. The largest absolute Gasteiger partial charge is 0.369 e. The third-order valence-corrected chi connectivity index (χ3v) is 6.76. The van der Waals surface area contributed by atoms with Crippen molar-refractivity contribution >= 4 is 38.3 Å². The maximum atomic E-state index is 12.1. The van der Waals surface area contributed by atoms with Crippen molar-refractivity contribution in [2.24, 2.45) is 0 Å². The topological polar surface area (TPSA) is 65.1 Å². The van der Waals surface area contributed by atoms with Crippen molar-refractivity contribution in [2.75, 3.05) is 31.1 Å². The number of anilines is 1. The molecule has 1 saturated heterocycles. The average Bonchev–Trinajstić information content (AvgIpc) is 3.13. The van der Waals surface area contributed by atoms with E-state index >= 15 is 0 Å². The minimum Gasteiger partial charge on any atom is -0.369 e. The summed E-state index contributed by atoms with van der Waals surface area (Å²) in [6.07, 6.45) is 2.65. The maximum absolute atomic E-state index is 12.1. The van der Waals surface area contributed by atoms with Gasteiger partial charge in [0.25, 0.3) is 5.56 Å². The fourth-order valence-electron chi connectivity index (χ4n) is 4.16. The molecule has 3 aromatic heterocycles. The van der Waals surface area contributed by atoms with E-state index in [-0.39, 0.29) is 5.56 Å². The highest BCUT2D eigenvalue weighted by Crippen LogP contribution is 2.27. The SMILES string of the molecule is CCc1cc2ncc(CN3CCN(c4ccc5nc(C)sc5c4)CC3)cc2[nH]c1=O. The third kappa shape index (κ3) is 3.70. The van der Waals surface area contributed by atoms with E-state index in [4.69, 9.17) is 0 Å². The molecule has 1 aromatic carbocycles. The first kappa shape index (κ1) is 19.2. The van der Waals surface area contributed by atoms with Crippen molar-refractivity contribution in [1.82, 2.24) is 19.9 Å². The molecule has 0 radical (unpaired) electrons. The number of hydrogen-bond donors (Lipinski definition) is 1. The molecule has 4 aromatic rings. The van der Waals surface area contributed by atoms with E-state index in [1.54, 1.807) is 11.3 Å². The van der Waals surface area contributed by atoms with Crippen molar-refractivity contribution in [3.63, 3.8) is 0 Å². The van der Waals surface area contributed by atoms with Crippen LogP contribution in [0.3, 0.4) is 0 Å².